The first kappa shape index (κ1) is 18.5. The summed E-state index contributed by atoms with van der Waals surface area (Å²) in [5.41, 5.74) is 1.23. The molecule has 0 saturated carbocycles. The average molecular weight is 341 g/mol. The number of nitrogens with one attached hydrogen (secondary N) is 1. The minimum Gasteiger partial charge on any atom is -0.497 e. The van der Waals surface area contributed by atoms with E-state index in [1.165, 1.54) is 0 Å². The Kier molecular flexibility index (Phi) is 5.47. The van der Waals surface area contributed by atoms with E-state index in [4.69, 9.17) is 4.74 Å². The van der Waals surface area contributed by atoms with E-state index < -0.39 is 11.4 Å². The predicted molar refractivity (Wildman–Crippen MR) is 97.1 cm³/mol. The Hall–Kier alpha value is -2.82. The van der Waals surface area contributed by atoms with Crippen molar-refractivity contribution < 1.29 is 19.4 Å². The molecule has 0 bridgehead atoms. The van der Waals surface area contributed by atoms with Crippen LogP contribution in [0.25, 0.3) is 0 Å². The summed E-state index contributed by atoms with van der Waals surface area (Å²) in [7, 11) is 1.60. The summed E-state index contributed by atoms with van der Waals surface area (Å²) in [5.74, 6) is -0.595. The normalized spacial score (nSPS) is 12.3. The Bertz CT molecular complexity index is 748. The third-order valence-electron chi connectivity index (χ3n) is 4.42. The topological polar surface area (TPSA) is 75.6 Å². The van der Waals surface area contributed by atoms with Crippen molar-refractivity contribution >= 4 is 17.6 Å². The molecule has 5 nitrogen and oxygen atoms in total. The molecule has 1 unspecified atom stereocenters. The minimum atomic E-state index is -0.973. The largest absolute Gasteiger partial charge is 0.497 e. The molecule has 0 radical (unpaired) electrons. The highest BCUT2D eigenvalue weighted by atomic mass is 16.5. The van der Waals surface area contributed by atoms with Crippen LogP contribution in [0.5, 0.6) is 5.75 Å². The highest BCUT2D eigenvalue weighted by Gasteiger charge is 2.29. The van der Waals surface area contributed by atoms with Crippen LogP contribution in [0.1, 0.15) is 37.8 Å². The van der Waals surface area contributed by atoms with Crippen LogP contribution in [0.4, 0.5) is 5.69 Å². The molecule has 25 heavy (non-hydrogen) atoms. The van der Waals surface area contributed by atoms with Crippen molar-refractivity contribution in [3.63, 3.8) is 0 Å². The molecule has 1 atom stereocenters. The highest BCUT2D eigenvalue weighted by molar-refractivity contribution is 5.95. The van der Waals surface area contributed by atoms with Gasteiger partial charge in [0.25, 0.3) is 0 Å². The summed E-state index contributed by atoms with van der Waals surface area (Å²) in [6, 6.07) is 14.3. The molecule has 0 aliphatic heterocycles. The monoisotopic (exact) mass is 341 g/mol. The van der Waals surface area contributed by atoms with Crippen molar-refractivity contribution in [1.82, 2.24) is 0 Å². The van der Waals surface area contributed by atoms with Gasteiger partial charge in [0.1, 0.15) is 5.75 Å². The summed E-state index contributed by atoms with van der Waals surface area (Å²) in [6.07, 6.45) is 0. The fourth-order valence-corrected chi connectivity index (χ4v) is 2.39. The van der Waals surface area contributed by atoms with Gasteiger partial charge in [-0.25, -0.2) is 0 Å². The zero-order chi connectivity index (χ0) is 18.6. The number of hydrogen-bond donors (Lipinski definition) is 2. The van der Waals surface area contributed by atoms with Gasteiger partial charge in [0.15, 0.2) is 0 Å². The number of rotatable bonds is 6. The van der Waals surface area contributed by atoms with E-state index >= 15 is 0 Å². The minimum absolute atomic E-state index is 0.129. The molecular formula is C20H23NO4. The van der Waals surface area contributed by atoms with Gasteiger partial charge >= 0.3 is 5.97 Å². The molecule has 0 aliphatic carbocycles. The molecule has 2 aromatic carbocycles. The highest BCUT2D eigenvalue weighted by Crippen LogP contribution is 2.26. The zero-order valence-electron chi connectivity index (χ0n) is 14.9. The second-order valence-corrected chi connectivity index (χ2v) is 6.49. The van der Waals surface area contributed by atoms with Crippen molar-refractivity contribution in [2.45, 2.75) is 32.1 Å². The molecule has 0 fully saturated rings. The van der Waals surface area contributed by atoms with Crippen LogP contribution in [0.3, 0.4) is 0 Å². The van der Waals surface area contributed by atoms with Crippen LogP contribution in [0, 0.1) is 0 Å². The number of carboxylic acids is 1. The van der Waals surface area contributed by atoms with Gasteiger partial charge in [0.05, 0.1) is 18.4 Å². The fraction of sp³-hybridized carbons (Fsp3) is 0.300. The third kappa shape index (κ3) is 4.18. The molecule has 0 heterocycles. The molecule has 1 amide bonds. The maximum absolute atomic E-state index is 12.4. The zero-order valence-corrected chi connectivity index (χ0v) is 14.9. The van der Waals surface area contributed by atoms with Gasteiger partial charge < -0.3 is 15.2 Å². The molecule has 132 valence electrons. The third-order valence-corrected chi connectivity index (χ3v) is 4.42. The molecule has 5 heteroatoms. The lowest BCUT2D eigenvalue weighted by Crippen LogP contribution is -2.28. The van der Waals surface area contributed by atoms with Gasteiger partial charge in [0.2, 0.25) is 5.91 Å². The van der Waals surface area contributed by atoms with Crippen molar-refractivity contribution in [2.24, 2.45) is 0 Å². The van der Waals surface area contributed by atoms with Crippen molar-refractivity contribution in [2.75, 3.05) is 12.4 Å². The predicted octanol–water partition coefficient (Wildman–Crippen LogP) is 3.80. The maximum Gasteiger partial charge on any atom is 0.313 e. The van der Waals surface area contributed by atoms with Crippen LogP contribution in [-0.2, 0) is 15.0 Å². The Labute approximate surface area is 147 Å². The van der Waals surface area contributed by atoms with E-state index in [0.717, 1.165) is 11.3 Å². The Balaban J connectivity index is 2.08. The van der Waals surface area contributed by atoms with Gasteiger partial charge in [-0.15, -0.1) is 0 Å². The number of benzene rings is 2. The number of hydrogen-bond acceptors (Lipinski definition) is 3. The summed E-state index contributed by atoms with van der Waals surface area (Å²) in [6.45, 7) is 5.13. The quantitative estimate of drug-likeness (QED) is 0.838. The molecular weight excluding hydrogens is 318 g/mol. The standard InChI is InChI=1S/C20H23NO4/c1-13(14-5-11-17(25-4)12-6-14)18(22)21-16-9-7-15(8-10-16)20(2,3)19(23)24/h5-13H,1-4H3,(H,21,22)(H,23,24). The molecule has 0 spiro atoms. The summed E-state index contributed by atoms with van der Waals surface area (Å²) in [4.78, 5) is 23.7. The molecule has 0 saturated heterocycles. The number of methoxy groups -OCH3 is 1. The number of carboxylic acid groups (broad SMARTS) is 1. The number of anilines is 1. The lowest BCUT2D eigenvalue weighted by Gasteiger charge is -2.20. The average Bonchev–Trinajstić information content (AvgIpc) is 2.61. The van der Waals surface area contributed by atoms with E-state index in [1.807, 2.05) is 31.2 Å². The van der Waals surface area contributed by atoms with Crippen LogP contribution in [-0.4, -0.2) is 24.1 Å². The summed E-state index contributed by atoms with van der Waals surface area (Å²) >= 11 is 0. The molecule has 2 aromatic rings. The van der Waals surface area contributed by atoms with E-state index in [0.29, 0.717) is 11.3 Å². The van der Waals surface area contributed by atoms with Crippen molar-refractivity contribution in [3.8, 4) is 5.75 Å². The number of carbonyl (C=O) groups excluding carboxylic acids is 1. The van der Waals surface area contributed by atoms with Crippen LogP contribution in [0.2, 0.25) is 0 Å². The number of aliphatic carboxylic acids is 1. The lowest BCUT2D eigenvalue weighted by molar-refractivity contribution is -0.142. The second-order valence-electron chi connectivity index (χ2n) is 6.49. The molecule has 2 N–H and O–H groups in total. The summed E-state index contributed by atoms with van der Waals surface area (Å²) < 4.78 is 5.12. The van der Waals surface area contributed by atoms with Gasteiger partial charge in [-0.05, 0) is 56.2 Å². The van der Waals surface area contributed by atoms with Gasteiger partial charge in [-0.3, -0.25) is 9.59 Å². The van der Waals surface area contributed by atoms with Crippen LogP contribution >= 0.6 is 0 Å². The maximum atomic E-state index is 12.4. The number of carbonyl (C=O) groups is 2. The summed E-state index contributed by atoms with van der Waals surface area (Å²) in [5, 5.41) is 12.1. The van der Waals surface area contributed by atoms with Crippen LogP contribution < -0.4 is 10.1 Å². The van der Waals surface area contributed by atoms with Crippen molar-refractivity contribution in [3.05, 3.63) is 59.7 Å². The van der Waals surface area contributed by atoms with Crippen molar-refractivity contribution in [1.29, 1.82) is 0 Å². The van der Waals surface area contributed by atoms with E-state index in [-0.39, 0.29) is 11.8 Å². The van der Waals surface area contributed by atoms with E-state index in [9.17, 15) is 14.7 Å². The van der Waals surface area contributed by atoms with Gasteiger partial charge in [-0.1, -0.05) is 24.3 Å². The molecule has 2 rings (SSSR count). The van der Waals surface area contributed by atoms with Gasteiger partial charge in [-0.2, -0.15) is 0 Å². The molecule has 0 aromatic heterocycles. The second kappa shape index (κ2) is 7.38. The first-order valence-electron chi connectivity index (χ1n) is 8.04. The lowest BCUT2D eigenvalue weighted by atomic mass is 9.85. The fourth-order valence-electron chi connectivity index (χ4n) is 2.39. The van der Waals surface area contributed by atoms with Gasteiger partial charge in [0, 0.05) is 5.69 Å². The first-order chi connectivity index (χ1) is 11.8. The smallest absolute Gasteiger partial charge is 0.313 e. The van der Waals surface area contributed by atoms with Crippen LogP contribution in [0.15, 0.2) is 48.5 Å². The van der Waals surface area contributed by atoms with E-state index in [2.05, 4.69) is 5.32 Å². The van der Waals surface area contributed by atoms with E-state index in [1.54, 1.807) is 45.2 Å². The first-order valence-corrected chi connectivity index (χ1v) is 8.04. The molecule has 0 aliphatic rings. The number of ether oxygens (including phenoxy) is 1. The SMILES string of the molecule is COc1ccc(C(C)C(=O)Nc2ccc(C(C)(C)C(=O)O)cc2)cc1. The number of amides is 1. The Morgan fingerprint density at radius 1 is 1.04 bits per heavy atom. The Morgan fingerprint density at radius 3 is 2.08 bits per heavy atom. The Morgan fingerprint density at radius 2 is 1.60 bits per heavy atom.